The van der Waals surface area contributed by atoms with Gasteiger partial charge in [-0.25, -0.2) is 9.07 Å². The van der Waals surface area contributed by atoms with Gasteiger partial charge in [0.1, 0.15) is 23.9 Å². The molecule has 8 heteroatoms. The number of hydrogen-bond acceptors (Lipinski definition) is 3. The van der Waals surface area contributed by atoms with Crippen molar-refractivity contribution < 1.29 is 14.0 Å². The number of nitrogens with zero attached hydrogens (tertiary/aromatic N) is 4. The van der Waals surface area contributed by atoms with Crippen LogP contribution in [0.4, 0.5) is 15.9 Å². The fourth-order valence-corrected chi connectivity index (χ4v) is 3.17. The zero-order valence-electron chi connectivity index (χ0n) is 14.7. The van der Waals surface area contributed by atoms with Crippen LogP contribution < -0.4 is 10.2 Å². The molecular weight excluding hydrogens is 349 g/mol. The highest BCUT2D eigenvalue weighted by Crippen LogP contribution is 2.28. The molecule has 138 valence electrons. The number of anilines is 2. The van der Waals surface area contributed by atoms with Crippen LogP contribution in [0, 0.1) is 5.82 Å². The van der Waals surface area contributed by atoms with Gasteiger partial charge in [-0.3, -0.25) is 14.5 Å². The fraction of sp³-hybridized carbons (Fsp3) is 0.211. The number of para-hydroxylation sites is 1. The first kappa shape index (κ1) is 17.0. The van der Waals surface area contributed by atoms with Crippen LogP contribution in [0.15, 0.2) is 48.7 Å². The van der Waals surface area contributed by atoms with Gasteiger partial charge in [0.05, 0.1) is 17.9 Å². The minimum absolute atomic E-state index is 0.0879. The average molecular weight is 367 g/mol. The van der Waals surface area contributed by atoms with Crippen LogP contribution >= 0.6 is 0 Å². The first-order valence-electron chi connectivity index (χ1n) is 8.57. The molecule has 1 aliphatic heterocycles. The lowest BCUT2D eigenvalue weighted by Gasteiger charge is -2.26. The second-order valence-corrected chi connectivity index (χ2v) is 6.37. The Morgan fingerprint density at radius 1 is 1.26 bits per heavy atom. The highest BCUT2D eigenvalue weighted by molar-refractivity contribution is 6.03. The van der Waals surface area contributed by atoms with E-state index in [2.05, 4.69) is 10.4 Å². The van der Waals surface area contributed by atoms with Crippen molar-refractivity contribution in [2.75, 3.05) is 16.8 Å². The highest BCUT2D eigenvalue weighted by Gasteiger charge is 2.28. The largest absolute Gasteiger partial charge is 0.349 e. The molecule has 0 radical (unpaired) electrons. The molecule has 3 heterocycles. The topological polar surface area (TPSA) is 72.2 Å². The summed E-state index contributed by atoms with van der Waals surface area (Å²) in [5.74, 6) is -0.592. The fourth-order valence-electron chi connectivity index (χ4n) is 3.17. The summed E-state index contributed by atoms with van der Waals surface area (Å²) in [6.45, 7) is 0.259. The van der Waals surface area contributed by atoms with E-state index < -0.39 is 11.7 Å². The number of aromatic nitrogens is 3. The third kappa shape index (κ3) is 3.21. The molecule has 0 atom stereocenters. The van der Waals surface area contributed by atoms with E-state index in [9.17, 15) is 14.0 Å². The van der Waals surface area contributed by atoms with E-state index >= 15 is 0 Å². The molecule has 0 saturated carbocycles. The van der Waals surface area contributed by atoms with E-state index in [0.29, 0.717) is 12.4 Å². The Morgan fingerprint density at radius 2 is 2.07 bits per heavy atom. The number of amides is 2. The number of nitrogens with one attached hydrogen (secondary N) is 1. The normalized spacial score (nSPS) is 13.6. The Bertz CT molecular complexity index is 1020. The van der Waals surface area contributed by atoms with Crippen molar-refractivity contribution in [2.45, 2.75) is 13.0 Å². The van der Waals surface area contributed by atoms with Gasteiger partial charge < -0.3 is 9.88 Å². The van der Waals surface area contributed by atoms with Crippen molar-refractivity contribution in [3.8, 4) is 11.4 Å². The summed E-state index contributed by atoms with van der Waals surface area (Å²) in [6, 6.07) is 11.6. The second kappa shape index (κ2) is 6.71. The predicted octanol–water partition coefficient (Wildman–Crippen LogP) is 2.40. The van der Waals surface area contributed by atoms with Crippen LogP contribution in [0.25, 0.3) is 11.4 Å². The third-order valence-corrected chi connectivity index (χ3v) is 4.53. The van der Waals surface area contributed by atoms with Gasteiger partial charge in [-0.2, -0.15) is 5.10 Å². The first-order valence-corrected chi connectivity index (χ1v) is 8.57. The maximum atomic E-state index is 13.7. The second-order valence-electron chi connectivity index (χ2n) is 6.37. The van der Waals surface area contributed by atoms with Gasteiger partial charge in [-0.1, -0.05) is 12.1 Å². The molecule has 1 aliphatic rings. The van der Waals surface area contributed by atoms with Crippen LogP contribution in [-0.2, 0) is 23.2 Å². The minimum atomic E-state index is -0.521. The number of aryl methyl sites for hydroxylation is 2. The standard InChI is InChI=1S/C19H18FN5O2/c1-23-9-4-7-16(23)15-11-18-24(19(27)8-10-25(18)22-15)12-17(26)21-14-6-3-2-5-13(14)20/h2-7,9,11H,8,10,12H2,1H3,(H,21,26). The molecular formula is C19H18FN5O2. The van der Waals surface area contributed by atoms with Gasteiger partial charge >= 0.3 is 0 Å². The van der Waals surface area contributed by atoms with Crippen molar-refractivity contribution in [3.63, 3.8) is 0 Å². The molecule has 0 unspecified atom stereocenters. The van der Waals surface area contributed by atoms with Gasteiger partial charge in [0.25, 0.3) is 0 Å². The Labute approximate surface area is 155 Å². The number of carbonyl (C=O) groups excluding carboxylic acids is 2. The molecule has 1 N–H and O–H groups in total. The lowest BCUT2D eigenvalue weighted by molar-refractivity contribution is -0.122. The van der Waals surface area contributed by atoms with E-state index in [1.165, 1.54) is 17.0 Å². The Balaban J connectivity index is 1.58. The first-order chi connectivity index (χ1) is 13.0. The summed E-state index contributed by atoms with van der Waals surface area (Å²) in [6.07, 6.45) is 2.17. The number of fused-ring (bicyclic) bond motifs is 1. The van der Waals surface area contributed by atoms with Crippen LogP contribution in [0.3, 0.4) is 0 Å². The van der Waals surface area contributed by atoms with Crippen molar-refractivity contribution in [3.05, 3.63) is 54.5 Å². The van der Waals surface area contributed by atoms with Gasteiger partial charge in [0.2, 0.25) is 11.8 Å². The Hall–Kier alpha value is -3.42. The summed E-state index contributed by atoms with van der Waals surface area (Å²) in [5, 5.41) is 7.07. The summed E-state index contributed by atoms with van der Waals surface area (Å²) < 4.78 is 17.4. The van der Waals surface area contributed by atoms with Crippen molar-refractivity contribution in [1.82, 2.24) is 14.3 Å². The van der Waals surface area contributed by atoms with Crippen LogP contribution in [0.1, 0.15) is 6.42 Å². The van der Waals surface area contributed by atoms with E-state index in [-0.39, 0.29) is 24.6 Å². The number of carbonyl (C=O) groups is 2. The van der Waals surface area contributed by atoms with E-state index in [1.54, 1.807) is 22.9 Å². The lowest BCUT2D eigenvalue weighted by atomic mass is 10.2. The highest BCUT2D eigenvalue weighted by atomic mass is 19.1. The van der Waals surface area contributed by atoms with Crippen LogP contribution in [0.2, 0.25) is 0 Å². The Morgan fingerprint density at radius 3 is 2.81 bits per heavy atom. The molecule has 0 spiro atoms. The molecule has 0 saturated heterocycles. The summed E-state index contributed by atoms with van der Waals surface area (Å²) in [7, 11) is 1.92. The van der Waals surface area contributed by atoms with Crippen LogP contribution in [-0.4, -0.2) is 32.7 Å². The molecule has 27 heavy (non-hydrogen) atoms. The summed E-state index contributed by atoms with van der Waals surface area (Å²) in [5.41, 5.74) is 1.73. The molecule has 1 aromatic carbocycles. The molecule has 3 aromatic rings. The average Bonchev–Trinajstić information content (AvgIpc) is 3.25. The maximum Gasteiger partial charge on any atom is 0.244 e. The monoisotopic (exact) mass is 367 g/mol. The molecule has 0 bridgehead atoms. The Kier molecular flexibility index (Phi) is 4.23. The number of halogens is 1. The summed E-state index contributed by atoms with van der Waals surface area (Å²) in [4.78, 5) is 26.2. The number of rotatable bonds is 4. The van der Waals surface area contributed by atoms with Crippen molar-refractivity contribution in [2.24, 2.45) is 7.05 Å². The molecule has 0 aliphatic carbocycles. The lowest BCUT2D eigenvalue weighted by Crippen LogP contribution is -2.42. The number of benzene rings is 1. The molecule has 2 aromatic heterocycles. The third-order valence-electron chi connectivity index (χ3n) is 4.53. The van der Waals surface area contributed by atoms with E-state index in [4.69, 9.17) is 0 Å². The van der Waals surface area contributed by atoms with Gasteiger partial charge in [0.15, 0.2) is 0 Å². The molecule has 4 rings (SSSR count). The predicted molar refractivity (Wildman–Crippen MR) is 98.6 cm³/mol. The van der Waals surface area contributed by atoms with Gasteiger partial charge in [0, 0.05) is 25.7 Å². The molecule has 7 nitrogen and oxygen atoms in total. The summed E-state index contributed by atoms with van der Waals surface area (Å²) >= 11 is 0. The SMILES string of the molecule is Cn1cccc1-c1cc2n(n1)CCC(=O)N2CC(=O)Nc1ccccc1F. The van der Waals surface area contributed by atoms with Crippen molar-refractivity contribution in [1.29, 1.82) is 0 Å². The maximum absolute atomic E-state index is 13.7. The quantitative estimate of drug-likeness (QED) is 0.770. The van der Waals surface area contributed by atoms with Crippen molar-refractivity contribution >= 4 is 23.3 Å². The molecule has 0 fully saturated rings. The van der Waals surface area contributed by atoms with E-state index in [0.717, 1.165) is 11.4 Å². The zero-order chi connectivity index (χ0) is 19.0. The zero-order valence-corrected chi connectivity index (χ0v) is 14.7. The van der Waals surface area contributed by atoms with Gasteiger partial charge in [-0.15, -0.1) is 0 Å². The molecule has 2 amide bonds. The minimum Gasteiger partial charge on any atom is -0.349 e. The number of hydrogen-bond donors (Lipinski definition) is 1. The smallest absolute Gasteiger partial charge is 0.244 e. The van der Waals surface area contributed by atoms with Crippen LogP contribution in [0.5, 0.6) is 0 Å². The van der Waals surface area contributed by atoms with E-state index in [1.807, 2.05) is 29.9 Å². The van der Waals surface area contributed by atoms with Gasteiger partial charge in [-0.05, 0) is 24.3 Å².